The van der Waals surface area contributed by atoms with Crippen molar-refractivity contribution in [2.45, 2.75) is 13.3 Å². The largest absolute Gasteiger partial charge is 0.399 e. The molecule has 4 heteroatoms. The van der Waals surface area contributed by atoms with E-state index in [4.69, 9.17) is 5.73 Å². The molecule has 0 aromatic heterocycles. The maximum atomic E-state index is 12.2. The average Bonchev–Trinajstić information content (AvgIpc) is 2.38. The molecule has 0 unspecified atom stereocenters. The molecule has 0 fully saturated rings. The lowest BCUT2D eigenvalue weighted by molar-refractivity contribution is 0.102. The van der Waals surface area contributed by atoms with Crippen LogP contribution in [0.2, 0.25) is 0 Å². The van der Waals surface area contributed by atoms with Crippen LogP contribution in [-0.2, 0) is 6.42 Å². The molecule has 0 aliphatic heterocycles. The molecule has 3 nitrogen and oxygen atoms in total. The van der Waals surface area contributed by atoms with Crippen LogP contribution in [0.1, 0.15) is 22.8 Å². The maximum absolute atomic E-state index is 12.2. The molecule has 2 aromatic rings. The van der Waals surface area contributed by atoms with E-state index in [-0.39, 0.29) is 5.91 Å². The fraction of sp³-hybridized carbons (Fsp3) is 0.133. The molecular formula is C15H15BrN2O. The van der Waals surface area contributed by atoms with Crippen LogP contribution in [-0.4, -0.2) is 5.91 Å². The first kappa shape index (κ1) is 13.6. The SMILES string of the molecule is CCc1ccccc1NC(=O)c1cc(N)cc(Br)c1. The highest BCUT2D eigenvalue weighted by molar-refractivity contribution is 9.10. The van der Waals surface area contributed by atoms with Gasteiger partial charge in [0.1, 0.15) is 0 Å². The number of rotatable bonds is 3. The number of anilines is 2. The predicted octanol–water partition coefficient (Wildman–Crippen LogP) is 3.85. The maximum Gasteiger partial charge on any atom is 0.255 e. The van der Waals surface area contributed by atoms with Gasteiger partial charge in [0.15, 0.2) is 0 Å². The quantitative estimate of drug-likeness (QED) is 0.845. The molecule has 2 rings (SSSR count). The van der Waals surface area contributed by atoms with Crippen molar-refractivity contribution in [2.24, 2.45) is 0 Å². The van der Waals surface area contributed by atoms with Crippen LogP contribution in [0.15, 0.2) is 46.9 Å². The fourth-order valence-electron chi connectivity index (χ4n) is 1.89. The summed E-state index contributed by atoms with van der Waals surface area (Å²) in [7, 11) is 0. The first-order valence-electron chi connectivity index (χ1n) is 6.05. The van der Waals surface area contributed by atoms with Crippen LogP contribution in [0.5, 0.6) is 0 Å². The van der Waals surface area contributed by atoms with Crippen LogP contribution in [0.25, 0.3) is 0 Å². The highest BCUT2D eigenvalue weighted by atomic mass is 79.9. The third-order valence-electron chi connectivity index (χ3n) is 2.83. The van der Waals surface area contributed by atoms with Gasteiger partial charge in [-0.2, -0.15) is 0 Å². The van der Waals surface area contributed by atoms with Gasteiger partial charge in [0.2, 0.25) is 0 Å². The minimum Gasteiger partial charge on any atom is -0.399 e. The normalized spacial score (nSPS) is 10.2. The van der Waals surface area contributed by atoms with Crippen molar-refractivity contribution in [2.75, 3.05) is 11.1 Å². The van der Waals surface area contributed by atoms with Gasteiger partial charge in [-0.25, -0.2) is 0 Å². The first-order chi connectivity index (χ1) is 9.10. The van der Waals surface area contributed by atoms with Gasteiger partial charge in [-0.15, -0.1) is 0 Å². The molecule has 0 heterocycles. The van der Waals surface area contributed by atoms with Gasteiger partial charge in [-0.3, -0.25) is 4.79 Å². The van der Waals surface area contributed by atoms with Gasteiger partial charge < -0.3 is 11.1 Å². The lowest BCUT2D eigenvalue weighted by Gasteiger charge is -2.10. The second kappa shape index (κ2) is 5.89. The predicted molar refractivity (Wildman–Crippen MR) is 82.3 cm³/mol. The molecular weight excluding hydrogens is 304 g/mol. The van der Waals surface area contributed by atoms with Crippen molar-refractivity contribution in [1.82, 2.24) is 0 Å². The van der Waals surface area contributed by atoms with Gasteiger partial charge in [-0.1, -0.05) is 41.1 Å². The molecule has 0 radical (unpaired) electrons. The number of amides is 1. The third-order valence-corrected chi connectivity index (χ3v) is 3.29. The molecule has 0 saturated carbocycles. The smallest absolute Gasteiger partial charge is 0.255 e. The van der Waals surface area contributed by atoms with E-state index in [9.17, 15) is 4.79 Å². The molecule has 0 aliphatic carbocycles. The van der Waals surface area contributed by atoms with Gasteiger partial charge in [0.05, 0.1) is 0 Å². The molecule has 0 bridgehead atoms. The van der Waals surface area contributed by atoms with E-state index in [0.29, 0.717) is 11.3 Å². The van der Waals surface area contributed by atoms with E-state index in [1.54, 1.807) is 18.2 Å². The number of para-hydroxylation sites is 1. The van der Waals surface area contributed by atoms with Crippen LogP contribution in [0.4, 0.5) is 11.4 Å². The van der Waals surface area contributed by atoms with Crippen molar-refractivity contribution >= 4 is 33.2 Å². The Balaban J connectivity index is 2.25. The Kier molecular flexibility index (Phi) is 4.22. The highest BCUT2D eigenvalue weighted by Crippen LogP contribution is 2.20. The number of hydrogen-bond donors (Lipinski definition) is 2. The summed E-state index contributed by atoms with van der Waals surface area (Å²) in [6.07, 6.45) is 0.872. The summed E-state index contributed by atoms with van der Waals surface area (Å²) in [5.41, 5.74) is 8.79. The molecule has 0 saturated heterocycles. The summed E-state index contributed by atoms with van der Waals surface area (Å²) in [4.78, 5) is 12.2. The Morgan fingerprint density at radius 3 is 2.68 bits per heavy atom. The molecule has 1 amide bonds. The van der Waals surface area contributed by atoms with Crippen molar-refractivity contribution in [3.63, 3.8) is 0 Å². The van der Waals surface area contributed by atoms with E-state index in [2.05, 4.69) is 28.2 Å². The number of halogens is 1. The zero-order valence-electron chi connectivity index (χ0n) is 10.6. The van der Waals surface area contributed by atoms with E-state index < -0.39 is 0 Å². The zero-order valence-corrected chi connectivity index (χ0v) is 12.2. The Morgan fingerprint density at radius 1 is 1.26 bits per heavy atom. The number of carbonyl (C=O) groups excluding carboxylic acids is 1. The number of carbonyl (C=O) groups is 1. The average molecular weight is 319 g/mol. The summed E-state index contributed by atoms with van der Waals surface area (Å²) < 4.78 is 0.793. The molecule has 98 valence electrons. The molecule has 0 atom stereocenters. The summed E-state index contributed by atoms with van der Waals surface area (Å²) >= 11 is 3.33. The molecule has 2 aromatic carbocycles. The van der Waals surface area contributed by atoms with Gasteiger partial charge in [-0.05, 0) is 36.2 Å². The number of nitrogens with two attached hydrogens (primary N) is 1. The van der Waals surface area contributed by atoms with E-state index in [0.717, 1.165) is 22.1 Å². The molecule has 19 heavy (non-hydrogen) atoms. The van der Waals surface area contributed by atoms with Crippen molar-refractivity contribution in [1.29, 1.82) is 0 Å². The van der Waals surface area contributed by atoms with Crippen molar-refractivity contribution < 1.29 is 4.79 Å². The van der Waals surface area contributed by atoms with E-state index >= 15 is 0 Å². The first-order valence-corrected chi connectivity index (χ1v) is 6.84. The fourth-order valence-corrected chi connectivity index (χ4v) is 2.40. The summed E-state index contributed by atoms with van der Waals surface area (Å²) in [6, 6.07) is 12.9. The summed E-state index contributed by atoms with van der Waals surface area (Å²) in [6.45, 7) is 2.06. The van der Waals surface area contributed by atoms with Crippen LogP contribution >= 0.6 is 15.9 Å². The van der Waals surface area contributed by atoms with Gasteiger partial charge >= 0.3 is 0 Å². The minimum atomic E-state index is -0.158. The number of benzene rings is 2. The Morgan fingerprint density at radius 2 is 2.00 bits per heavy atom. The highest BCUT2D eigenvalue weighted by Gasteiger charge is 2.09. The second-order valence-electron chi connectivity index (χ2n) is 4.24. The minimum absolute atomic E-state index is 0.158. The zero-order chi connectivity index (χ0) is 13.8. The summed E-state index contributed by atoms with van der Waals surface area (Å²) in [5.74, 6) is -0.158. The second-order valence-corrected chi connectivity index (χ2v) is 5.15. The Hall–Kier alpha value is -1.81. The molecule has 3 N–H and O–H groups in total. The van der Waals surface area contributed by atoms with Gasteiger partial charge in [0, 0.05) is 21.4 Å². The molecule has 0 spiro atoms. The van der Waals surface area contributed by atoms with Crippen LogP contribution < -0.4 is 11.1 Å². The monoisotopic (exact) mass is 318 g/mol. The topological polar surface area (TPSA) is 55.1 Å². The molecule has 0 aliphatic rings. The Bertz CT molecular complexity index is 591. The standard InChI is InChI=1S/C15H15BrN2O/c1-2-10-5-3-4-6-14(10)18-15(19)11-7-12(16)9-13(17)8-11/h3-9H,2,17H2,1H3,(H,18,19). The number of hydrogen-bond acceptors (Lipinski definition) is 2. The number of aryl methyl sites for hydroxylation is 1. The van der Waals surface area contributed by atoms with Crippen LogP contribution in [0, 0.1) is 0 Å². The lowest BCUT2D eigenvalue weighted by Crippen LogP contribution is -2.13. The van der Waals surface area contributed by atoms with E-state index in [1.165, 1.54) is 0 Å². The Labute approximate surface area is 121 Å². The summed E-state index contributed by atoms with van der Waals surface area (Å²) in [5, 5.41) is 2.92. The van der Waals surface area contributed by atoms with Gasteiger partial charge in [0.25, 0.3) is 5.91 Å². The number of nitrogens with one attached hydrogen (secondary N) is 1. The lowest BCUT2D eigenvalue weighted by atomic mass is 10.1. The van der Waals surface area contributed by atoms with Crippen molar-refractivity contribution in [3.8, 4) is 0 Å². The number of nitrogen functional groups attached to an aromatic ring is 1. The third kappa shape index (κ3) is 3.35. The van der Waals surface area contributed by atoms with Crippen molar-refractivity contribution in [3.05, 3.63) is 58.1 Å². The van der Waals surface area contributed by atoms with E-state index in [1.807, 2.05) is 24.3 Å². The van der Waals surface area contributed by atoms with Crippen LogP contribution in [0.3, 0.4) is 0 Å².